The second-order valence-electron chi connectivity index (χ2n) is 7.88. The lowest BCUT2D eigenvalue weighted by Crippen LogP contribution is -2.39. The van der Waals surface area contributed by atoms with Crippen LogP contribution in [0.25, 0.3) is 5.57 Å². The van der Waals surface area contributed by atoms with Crippen LogP contribution in [-0.4, -0.2) is 42.7 Å². The Balaban J connectivity index is 1.55. The van der Waals surface area contributed by atoms with Gasteiger partial charge in [0.15, 0.2) is 0 Å². The van der Waals surface area contributed by atoms with Crippen LogP contribution >= 0.6 is 0 Å². The molecule has 2 aromatic rings. The molecule has 0 amide bonds. The standard InChI is InChI=1S/C24H28N2O2/c1-25-22-12-4-2-8-19(22)16-18(21-11-3-5-13-23(21)25)9-6-14-26-15-7-10-20(17-26)24(27)28/h2-5,8-9,11-13,20H,6-7,10,14-17H2,1H3,(H,27,28). The second kappa shape index (κ2) is 8.19. The summed E-state index contributed by atoms with van der Waals surface area (Å²) in [5, 5.41) is 9.30. The summed E-state index contributed by atoms with van der Waals surface area (Å²) in [5.41, 5.74) is 6.50. The van der Waals surface area contributed by atoms with Crippen molar-refractivity contribution >= 4 is 22.9 Å². The molecule has 1 saturated heterocycles. The van der Waals surface area contributed by atoms with Gasteiger partial charge >= 0.3 is 5.97 Å². The molecule has 0 bridgehead atoms. The van der Waals surface area contributed by atoms with E-state index in [-0.39, 0.29) is 5.92 Å². The van der Waals surface area contributed by atoms with E-state index in [0.29, 0.717) is 6.54 Å². The Kier molecular flexibility index (Phi) is 5.49. The van der Waals surface area contributed by atoms with E-state index >= 15 is 0 Å². The molecule has 28 heavy (non-hydrogen) atoms. The fourth-order valence-corrected chi connectivity index (χ4v) is 4.52. The molecule has 2 aromatic carbocycles. The van der Waals surface area contributed by atoms with Crippen molar-refractivity contribution in [2.24, 2.45) is 5.92 Å². The lowest BCUT2D eigenvalue weighted by atomic mass is 9.96. The summed E-state index contributed by atoms with van der Waals surface area (Å²) >= 11 is 0. The van der Waals surface area contributed by atoms with Gasteiger partial charge in [0.25, 0.3) is 0 Å². The number of aliphatic carboxylic acids is 1. The van der Waals surface area contributed by atoms with Gasteiger partial charge in [0, 0.05) is 37.1 Å². The number of para-hydroxylation sites is 2. The van der Waals surface area contributed by atoms with Gasteiger partial charge in [0.2, 0.25) is 0 Å². The van der Waals surface area contributed by atoms with Crippen LogP contribution in [0.5, 0.6) is 0 Å². The van der Waals surface area contributed by atoms with Gasteiger partial charge in [-0.3, -0.25) is 4.79 Å². The highest BCUT2D eigenvalue weighted by Crippen LogP contribution is 2.39. The van der Waals surface area contributed by atoms with E-state index in [4.69, 9.17) is 0 Å². The number of anilines is 2. The summed E-state index contributed by atoms with van der Waals surface area (Å²) < 4.78 is 0. The first-order valence-corrected chi connectivity index (χ1v) is 10.2. The number of hydrogen-bond donors (Lipinski definition) is 1. The summed E-state index contributed by atoms with van der Waals surface area (Å²) in [5.74, 6) is -0.860. The molecule has 1 N–H and O–H groups in total. The first-order valence-electron chi connectivity index (χ1n) is 10.2. The summed E-state index contributed by atoms with van der Waals surface area (Å²) in [4.78, 5) is 15.9. The Bertz CT molecular complexity index is 890. The van der Waals surface area contributed by atoms with Crippen molar-refractivity contribution in [2.75, 3.05) is 31.6 Å². The highest BCUT2D eigenvalue weighted by Gasteiger charge is 2.25. The van der Waals surface area contributed by atoms with Gasteiger partial charge in [-0.05, 0) is 55.5 Å². The Morgan fingerprint density at radius 1 is 1.14 bits per heavy atom. The first-order chi connectivity index (χ1) is 13.6. The molecule has 2 aliphatic heterocycles. The number of carboxylic acid groups (broad SMARTS) is 1. The average molecular weight is 377 g/mol. The zero-order chi connectivity index (χ0) is 19.5. The zero-order valence-corrected chi connectivity index (χ0v) is 16.5. The molecule has 0 radical (unpaired) electrons. The maximum atomic E-state index is 11.3. The van der Waals surface area contributed by atoms with Gasteiger partial charge in [0.05, 0.1) is 5.92 Å². The fourth-order valence-electron chi connectivity index (χ4n) is 4.52. The fraction of sp³-hybridized carbons (Fsp3) is 0.375. The number of likely N-dealkylation sites (tertiary alicyclic amines) is 1. The van der Waals surface area contributed by atoms with Crippen LogP contribution in [-0.2, 0) is 11.2 Å². The molecule has 0 aromatic heterocycles. The third-order valence-electron chi connectivity index (χ3n) is 6.04. The van der Waals surface area contributed by atoms with Crippen LogP contribution in [0.4, 0.5) is 11.4 Å². The largest absolute Gasteiger partial charge is 0.481 e. The number of allylic oxidation sites excluding steroid dienone is 1. The first kappa shape index (κ1) is 18.8. The molecular weight excluding hydrogens is 348 g/mol. The molecule has 1 atom stereocenters. The summed E-state index contributed by atoms with van der Waals surface area (Å²) in [6, 6.07) is 17.2. The van der Waals surface area contributed by atoms with Gasteiger partial charge in [-0.25, -0.2) is 0 Å². The van der Waals surface area contributed by atoms with Crippen LogP contribution in [0.15, 0.2) is 54.6 Å². The lowest BCUT2D eigenvalue weighted by Gasteiger charge is -2.30. The monoisotopic (exact) mass is 376 g/mol. The van der Waals surface area contributed by atoms with E-state index in [1.54, 1.807) is 0 Å². The maximum absolute atomic E-state index is 11.3. The zero-order valence-electron chi connectivity index (χ0n) is 16.5. The van der Waals surface area contributed by atoms with Crippen LogP contribution in [0.3, 0.4) is 0 Å². The third kappa shape index (κ3) is 3.83. The van der Waals surface area contributed by atoms with Gasteiger partial charge in [0.1, 0.15) is 0 Å². The maximum Gasteiger partial charge on any atom is 0.307 e. The SMILES string of the molecule is CN1c2ccccc2CC(=CCCN2CCCC(C(=O)O)C2)c2ccccc21. The van der Waals surface area contributed by atoms with Crippen molar-refractivity contribution in [2.45, 2.75) is 25.7 Å². The molecule has 146 valence electrons. The number of rotatable bonds is 4. The van der Waals surface area contributed by atoms with E-state index < -0.39 is 5.97 Å². The minimum atomic E-state index is -0.652. The smallest absolute Gasteiger partial charge is 0.307 e. The van der Waals surface area contributed by atoms with Crippen molar-refractivity contribution in [1.82, 2.24) is 4.90 Å². The second-order valence-corrected chi connectivity index (χ2v) is 7.88. The van der Waals surface area contributed by atoms with Crippen LogP contribution in [0.1, 0.15) is 30.4 Å². The van der Waals surface area contributed by atoms with E-state index in [1.807, 2.05) is 0 Å². The van der Waals surface area contributed by atoms with Crippen molar-refractivity contribution in [1.29, 1.82) is 0 Å². The number of carboxylic acids is 1. The third-order valence-corrected chi connectivity index (χ3v) is 6.04. The molecule has 1 unspecified atom stereocenters. The molecule has 4 rings (SSSR count). The number of carbonyl (C=O) groups is 1. The number of piperidine rings is 1. The minimum absolute atomic E-state index is 0.208. The van der Waals surface area contributed by atoms with Crippen molar-refractivity contribution in [3.05, 3.63) is 65.7 Å². The molecule has 2 heterocycles. The Morgan fingerprint density at radius 2 is 1.89 bits per heavy atom. The van der Waals surface area contributed by atoms with Gasteiger partial charge in [-0.1, -0.05) is 42.5 Å². The van der Waals surface area contributed by atoms with Crippen LogP contribution < -0.4 is 4.90 Å². The lowest BCUT2D eigenvalue weighted by molar-refractivity contribution is -0.143. The normalized spacial score (nSPS) is 21.1. The molecular formula is C24H28N2O2. The summed E-state index contributed by atoms with van der Waals surface area (Å²) in [6.45, 7) is 2.61. The molecule has 4 nitrogen and oxygen atoms in total. The number of fused-ring (bicyclic) bond motifs is 2. The molecule has 0 aliphatic carbocycles. The van der Waals surface area contributed by atoms with E-state index in [0.717, 1.165) is 38.8 Å². The quantitative estimate of drug-likeness (QED) is 0.848. The van der Waals surface area contributed by atoms with Gasteiger partial charge in [-0.2, -0.15) is 0 Å². The van der Waals surface area contributed by atoms with Crippen molar-refractivity contribution in [3.63, 3.8) is 0 Å². The summed E-state index contributed by atoms with van der Waals surface area (Å²) in [7, 11) is 2.14. The molecule has 4 heteroatoms. The van der Waals surface area contributed by atoms with Gasteiger partial charge < -0.3 is 14.9 Å². The number of hydrogen-bond acceptors (Lipinski definition) is 3. The Labute approximate surface area is 167 Å². The van der Waals surface area contributed by atoms with E-state index in [1.165, 1.54) is 28.1 Å². The Hall–Kier alpha value is -2.59. The molecule has 0 spiro atoms. The van der Waals surface area contributed by atoms with E-state index in [2.05, 4.69) is 71.5 Å². The molecule has 2 aliphatic rings. The number of benzene rings is 2. The Morgan fingerprint density at radius 3 is 2.71 bits per heavy atom. The van der Waals surface area contributed by atoms with Gasteiger partial charge in [-0.15, -0.1) is 0 Å². The molecule has 1 fully saturated rings. The van der Waals surface area contributed by atoms with Crippen molar-refractivity contribution in [3.8, 4) is 0 Å². The predicted molar refractivity (Wildman–Crippen MR) is 114 cm³/mol. The number of nitrogens with zero attached hydrogens (tertiary/aromatic N) is 2. The average Bonchev–Trinajstić information content (AvgIpc) is 2.84. The predicted octanol–water partition coefficient (Wildman–Crippen LogP) is 4.58. The highest BCUT2D eigenvalue weighted by atomic mass is 16.4. The molecule has 0 saturated carbocycles. The van der Waals surface area contributed by atoms with Crippen LogP contribution in [0.2, 0.25) is 0 Å². The topological polar surface area (TPSA) is 43.8 Å². The minimum Gasteiger partial charge on any atom is -0.481 e. The van der Waals surface area contributed by atoms with Crippen LogP contribution in [0, 0.1) is 5.92 Å². The van der Waals surface area contributed by atoms with Crippen molar-refractivity contribution < 1.29 is 9.90 Å². The summed E-state index contributed by atoms with van der Waals surface area (Å²) in [6.07, 6.45) is 6.02. The highest BCUT2D eigenvalue weighted by molar-refractivity contribution is 5.85. The van der Waals surface area contributed by atoms with E-state index in [9.17, 15) is 9.90 Å².